The molecule has 3 aliphatic rings. The Morgan fingerprint density at radius 2 is 2.18 bits per heavy atom. The minimum atomic E-state index is -0.593. The van der Waals surface area contributed by atoms with Crippen molar-refractivity contribution in [2.75, 3.05) is 0 Å². The molecule has 7 atom stereocenters. The zero-order valence-corrected chi connectivity index (χ0v) is 17.3. The van der Waals surface area contributed by atoms with Gasteiger partial charge in [0.1, 0.15) is 12.2 Å². The number of fused-ring (bicyclic) bond motifs is 1. The lowest BCUT2D eigenvalue weighted by Gasteiger charge is -2.42. The quantitative estimate of drug-likeness (QED) is 0.695. The van der Waals surface area contributed by atoms with Gasteiger partial charge in [-0.2, -0.15) is 0 Å². The van der Waals surface area contributed by atoms with Gasteiger partial charge in [-0.05, 0) is 49.5 Å². The van der Waals surface area contributed by atoms with Crippen LogP contribution >= 0.6 is 0 Å². The second kappa shape index (κ2) is 9.25. The van der Waals surface area contributed by atoms with Crippen LogP contribution in [0.5, 0.6) is 0 Å². The molecule has 1 saturated heterocycles. The lowest BCUT2D eigenvalue weighted by Crippen LogP contribution is -2.40. The maximum absolute atomic E-state index is 12.4. The van der Waals surface area contributed by atoms with E-state index >= 15 is 0 Å². The third kappa shape index (κ3) is 4.86. The molecule has 0 saturated carbocycles. The van der Waals surface area contributed by atoms with Gasteiger partial charge in [-0.25, -0.2) is 0 Å². The molecule has 28 heavy (non-hydrogen) atoms. The van der Waals surface area contributed by atoms with Gasteiger partial charge in [-0.15, -0.1) is 0 Å². The van der Waals surface area contributed by atoms with Gasteiger partial charge in [0.15, 0.2) is 0 Å². The molecule has 0 radical (unpaired) electrons. The Morgan fingerprint density at radius 3 is 2.89 bits per heavy atom. The molecule has 1 aliphatic heterocycles. The van der Waals surface area contributed by atoms with Crippen molar-refractivity contribution in [3.8, 4) is 0 Å². The third-order valence-corrected chi connectivity index (χ3v) is 6.69. The number of cyclic esters (lactones) is 1. The van der Waals surface area contributed by atoms with E-state index < -0.39 is 6.10 Å². The first-order chi connectivity index (χ1) is 13.4. The standard InChI is InChI=1S/C23H34O5/c1-4-14(2)23(26)28-20-7-5-6-16-9-8-15(3)19(22(16)20)11-10-18-12-17(24)13-21(25)27-18/h6,8-9,14-15,17-20,22,24H,4-5,7,10-13H2,1-3H3/t14-,15-,17+,18?,19-,20?,22-/m0/s1. The summed E-state index contributed by atoms with van der Waals surface area (Å²) in [6.45, 7) is 6.14. The summed E-state index contributed by atoms with van der Waals surface area (Å²) in [4.78, 5) is 24.1. The van der Waals surface area contributed by atoms with Crippen LogP contribution in [0.25, 0.3) is 0 Å². The van der Waals surface area contributed by atoms with Crippen molar-refractivity contribution in [1.82, 2.24) is 0 Å². The van der Waals surface area contributed by atoms with Gasteiger partial charge in [0.25, 0.3) is 0 Å². The van der Waals surface area contributed by atoms with E-state index in [0.717, 1.165) is 32.1 Å². The second-order valence-electron chi connectivity index (χ2n) is 8.76. The Kier molecular flexibility index (Phi) is 6.97. The van der Waals surface area contributed by atoms with Crippen LogP contribution in [0.2, 0.25) is 0 Å². The van der Waals surface area contributed by atoms with E-state index in [9.17, 15) is 14.7 Å². The van der Waals surface area contributed by atoms with Crippen molar-refractivity contribution in [2.45, 2.75) is 84.0 Å². The van der Waals surface area contributed by atoms with Gasteiger partial charge in [0, 0.05) is 12.3 Å². The van der Waals surface area contributed by atoms with Gasteiger partial charge in [-0.3, -0.25) is 9.59 Å². The van der Waals surface area contributed by atoms with Crippen LogP contribution < -0.4 is 0 Å². The predicted octanol–water partition coefficient (Wildman–Crippen LogP) is 3.95. The van der Waals surface area contributed by atoms with Crippen molar-refractivity contribution in [1.29, 1.82) is 0 Å². The monoisotopic (exact) mass is 390 g/mol. The highest BCUT2D eigenvalue weighted by Gasteiger charge is 2.40. The average molecular weight is 391 g/mol. The number of hydrogen-bond acceptors (Lipinski definition) is 5. The molecule has 0 aromatic carbocycles. The minimum absolute atomic E-state index is 0.0764. The number of ether oxygens (including phenoxy) is 2. The first-order valence-electron chi connectivity index (χ1n) is 10.8. The van der Waals surface area contributed by atoms with E-state index in [1.807, 2.05) is 13.8 Å². The first kappa shape index (κ1) is 21.1. The summed E-state index contributed by atoms with van der Waals surface area (Å²) in [5, 5.41) is 9.86. The van der Waals surface area contributed by atoms with Crippen molar-refractivity contribution in [2.24, 2.45) is 23.7 Å². The molecule has 156 valence electrons. The molecular formula is C23H34O5. The van der Waals surface area contributed by atoms with Gasteiger partial charge in [-0.1, -0.05) is 39.0 Å². The summed E-state index contributed by atoms with van der Waals surface area (Å²) in [7, 11) is 0. The highest BCUT2D eigenvalue weighted by molar-refractivity contribution is 5.72. The zero-order valence-electron chi connectivity index (χ0n) is 17.3. The molecule has 3 rings (SSSR count). The molecule has 0 amide bonds. The number of hydrogen-bond donors (Lipinski definition) is 1. The lowest BCUT2D eigenvalue weighted by atomic mass is 9.66. The predicted molar refractivity (Wildman–Crippen MR) is 106 cm³/mol. The second-order valence-corrected chi connectivity index (χ2v) is 8.76. The van der Waals surface area contributed by atoms with Gasteiger partial charge >= 0.3 is 11.9 Å². The smallest absolute Gasteiger partial charge is 0.308 e. The SMILES string of the molecule is CC[C@H](C)C(=O)OC1CCC=C2C=C[C@H](C)[C@H](CCC3C[C@@H](O)CC(=O)O3)[C@H]21. The first-order valence-corrected chi connectivity index (χ1v) is 10.8. The van der Waals surface area contributed by atoms with Crippen LogP contribution in [0.3, 0.4) is 0 Å². The number of rotatable bonds is 6. The summed E-state index contributed by atoms with van der Waals surface area (Å²) in [5.41, 5.74) is 1.27. The van der Waals surface area contributed by atoms with Crippen molar-refractivity contribution >= 4 is 11.9 Å². The summed E-state index contributed by atoms with van der Waals surface area (Å²) in [6.07, 6.45) is 10.6. The summed E-state index contributed by atoms with van der Waals surface area (Å²) >= 11 is 0. The Labute approximate surface area is 168 Å². The molecule has 1 fully saturated rings. The lowest BCUT2D eigenvalue weighted by molar-refractivity contribution is -0.162. The molecule has 0 bridgehead atoms. The number of aliphatic hydroxyl groups excluding tert-OH is 1. The highest BCUT2D eigenvalue weighted by Crippen LogP contribution is 2.44. The number of allylic oxidation sites excluding steroid dienone is 3. The van der Waals surface area contributed by atoms with Crippen molar-refractivity contribution < 1.29 is 24.2 Å². The van der Waals surface area contributed by atoms with Crippen LogP contribution in [-0.2, 0) is 19.1 Å². The Balaban J connectivity index is 1.70. The van der Waals surface area contributed by atoms with Crippen LogP contribution in [0.15, 0.2) is 23.8 Å². The Morgan fingerprint density at radius 1 is 1.39 bits per heavy atom. The average Bonchev–Trinajstić information content (AvgIpc) is 2.66. The van der Waals surface area contributed by atoms with Gasteiger partial charge in [0.2, 0.25) is 0 Å². The molecule has 0 aromatic heterocycles. The van der Waals surface area contributed by atoms with Crippen LogP contribution in [0.4, 0.5) is 0 Å². The van der Waals surface area contributed by atoms with E-state index in [1.165, 1.54) is 5.57 Å². The fourth-order valence-electron chi connectivity index (χ4n) is 4.80. The molecule has 1 heterocycles. The van der Waals surface area contributed by atoms with Crippen molar-refractivity contribution in [3.63, 3.8) is 0 Å². The normalized spacial score (nSPS) is 36.1. The fraction of sp³-hybridized carbons (Fsp3) is 0.739. The largest absolute Gasteiger partial charge is 0.462 e. The topological polar surface area (TPSA) is 72.8 Å². The molecule has 2 unspecified atom stereocenters. The third-order valence-electron chi connectivity index (χ3n) is 6.69. The molecule has 0 spiro atoms. The summed E-state index contributed by atoms with van der Waals surface area (Å²) in [6, 6.07) is 0. The van der Waals surface area contributed by atoms with Gasteiger partial charge in [0.05, 0.1) is 18.4 Å². The van der Waals surface area contributed by atoms with Crippen LogP contribution in [0, 0.1) is 23.7 Å². The summed E-state index contributed by atoms with van der Waals surface area (Å²) < 4.78 is 11.4. The molecule has 5 nitrogen and oxygen atoms in total. The van der Waals surface area contributed by atoms with E-state index in [4.69, 9.17) is 9.47 Å². The van der Waals surface area contributed by atoms with E-state index in [-0.39, 0.29) is 42.4 Å². The zero-order chi connectivity index (χ0) is 20.3. The molecule has 0 aromatic rings. The summed E-state index contributed by atoms with van der Waals surface area (Å²) in [5.74, 6) is 0.426. The van der Waals surface area contributed by atoms with E-state index in [2.05, 4.69) is 25.2 Å². The fourth-order valence-corrected chi connectivity index (χ4v) is 4.80. The van der Waals surface area contributed by atoms with Gasteiger partial charge < -0.3 is 14.6 Å². The number of aliphatic hydroxyl groups is 1. The maximum Gasteiger partial charge on any atom is 0.308 e. The number of carbonyl (C=O) groups is 2. The number of carbonyl (C=O) groups excluding carboxylic acids is 2. The minimum Gasteiger partial charge on any atom is -0.462 e. The molecular weight excluding hydrogens is 356 g/mol. The van der Waals surface area contributed by atoms with E-state index in [1.54, 1.807) is 0 Å². The highest BCUT2D eigenvalue weighted by atomic mass is 16.5. The van der Waals surface area contributed by atoms with Crippen LogP contribution in [-0.4, -0.2) is 35.4 Å². The van der Waals surface area contributed by atoms with Crippen LogP contribution in [0.1, 0.15) is 65.7 Å². The molecule has 1 N–H and O–H groups in total. The Bertz CT molecular complexity index is 637. The molecule has 5 heteroatoms. The maximum atomic E-state index is 12.4. The van der Waals surface area contributed by atoms with Crippen molar-refractivity contribution in [3.05, 3.63) is 23.8 Å². The van der Waals surface area contributed by atoms with E-state index in [0.29, 0.717) is 18.3 Å². The number of esters is 2. The molecule has 2 aliphatic carbocycles. The Hall–Kier alpha value is -1.62.